The van der Waals surface area contributed by atoms with Crippen molar-refractivity contribution in [2.24, 2.45) is 0 Å². The summed E-state index contributed by atoms with van der Waals surface area (Å²) in [6, 6.07) is 5.35. The van der Waals surface area contributed by atoms with Crippen LogP contribution in [-0.2, 0) is 23.9 Å². The molecule has 0 saturated heterocycles. The first-order valence-corrected chi connectivity index (χ1v) is 6.63. The van der Waals surface area contributed by atoms with E-state index >= 15 is 0 Å². The Balaban J connectivity index is 2.21. The molecule has 1 aliphatic rings. The smallest absolute Gasteiger partial charge is 0.346 e. The molecule has 0 fully saturated rings. The van der Waals surface area contributed by atoms with Crippen molar-refractivity contribution in [3.05, 3.63) is 29.8 Å². The molecule has 7 nitrogen and oxygen atoms in total. The van der Waals surface area contributed by atoms with E-state index in [4.69, 9.17) is 4.74 Å². The highest BCUT2D eigenvalue weighted by molar-refractivity contribution is 6.52. The number of esters is 2. The summed E-state index contributed by atoms with van der Waals surface area (Å²) in [6.07, 6.45) is -1.09. The first-order valence-electron chi connectivity index (χ1n) is 6.63. The molecule has 1 heterocycles. The molecule has 116 valence electrons. The van der Waals surface area contributed by atoms with E-state index in [0.29, 0.717) is 5.69 Å². The Morgan fingerprint density at radius 2 is 1.73 bits per heavy atom. The lowest BCUT2D eigenvalue weighted by atomic mass is 10.1. The number of hydrogen-bond acceptors (Lipinski definition) is 6. The number of methoxy groups -OCH3 is 1. The molecule has 0 radical (unpaired) electrons. The molecule has 22 heavy (non-hydrogen) atoms. The van der Waals surface area contributed by atoms with Crippen LogP contribution in [0.15, 0.2) is 24.3 Å². The van der Waals surface area contributed by atoms with Crippen molar-refractivity contribution >= 4 is 29.3 Å². The summed E-state index contributed by atoms with van der Waals surface area (Å²) in [4.78, 5) is 48.4. The number of benzene rings is 1. The summed E-state index contributed by atoms with van der Waals surface area (Å²) in [5, 5.41) is 0. The molecule has 0 N–H and O–H groups in total. The maximum absolute atomic E-state index is 12.1. The summed E-state index contributed by atoms with van der Waals surface area (Å²) >= 11 is 0. The number of carbonyl (C=O) groups is 4. The first kappa shape index (κ1) is 15.7. The van der Waals surface area contributed by atoms with Gasteiger partial charge in [-0.15, -0.1) is 0 Å². The predicted octanol–water partition coefficient (Wildman–Crippen LogP) is 0.709. The molecule has 2 atom stereocenters. The van der Waals surface area contributed by atoms with Crippen molar-refractivity contribution in [1.82, 2.24) is 0 Å². The standard InChI is InChI=1S/C15H15NO6/c1-8(14(19)22-9(2)15(20)21-3)16-11-7-5-4-6-10(11)12(17)13(16)18/h4-9H,1-3H3. The first-order chi connectivity index (χ1) is 10.4. The molecule has 0 spiro atoms. The molecule has 0 aliphatic carbocycles. The Hall–Kier alpha value is -2.70. The molecule has 1 aromatic carbocycles. The van der Waals surface area contributed by atoms with Gasteiger partial charge >= 0.3 is 11.9 Å². The molecule has 1 aromatic rings. The number of carbonyl (C=O) groups excluding carboxylic acids is 4. The lowest BCUT2D eigenvalue weighted by molar-refractivity contribution is -0.165. The van der Waals surface area contributed by atoms with E-state index in [1.165, 1.54) is 27.0 Å². The summed E-state index contributed by atoms with van der Waals surface area (Å²) in [5.74, 6) is -2.96. The van der Waals surface area contributed by atoms with Crippen LogP contribution >= 0.6 is 0 Å². The molecule has 1 aliphatic heterocycles. The van der Waals surface area contributed by atoms with Gasteiger partial charge in [-0.05, 0) is 26.0 Å². The van der Waals surface area contributed by atoms with E-state index < -0.39 is 35.8 Å². The number of ketones is 1. The monoisotopic (exact) mass is 305 g/mol. The predicted molar refractivity (Wildman–Crippen MR) is 75.3 cm³/mol. The number of para-hydroxylation sites is 1. The van der Waals surface area contributed by atoms with Gasteiger partial charge in [0.1, 0.15) is 6.04 Å². The minimum absolute atomic E-state index is 0.244. The van der Waals surface area contributed by atoms with Crippen LogP contribution < -0.4 is 4.90 Å². The minimum atomic E-state index is -1.09. The number of anilines is 1. The lowest BCUT2D eigenvalue weighted by Crippen LogP contribution is -2.45. The van der Waals surface area contributed by atoms with Gasteiger partial charge in [0, 0.05) is 0 Å². The summed E-state index contributed by atoms with van der Waals surface area (Å²) in [7, 11) is 1.18. The quantitative estimate of drug-likeness (QED) is 0.601. The average Bonchev–Trinajstić information content (AvgIpc) is 2.77. The van der Waals surface area contributed by atoms with Crippen LogP contribution in [0.1, 0.15) is 24.2 Å². The van der Waals surface area contributed by atoms with Gasteiger partial charge < -0.3 is 9.47 Å². The molecule has 2 unspecified atom stereocenters. The Bertz CT molecular complexity index is 653. The fraction of sp³-hybridized carbons (Fsp3) is 0.333. The normalized spacial score (nSPS) is 16.0. The highest BCUT2D eigenvalue weighted by Crippen LogP contribution is 2.30. The molecule has 0 aromatic heterocycles. The van der Waals surface area contributed by atoms with Crippen LogP contribution in [0.2, 0.25) is 0 Å². The van der Waals surface area contributed by atoms with E-state index in [-0.39, 0.29) is 5.56 Å². The zero-order chi connectivity index (χ0) is 16.4. The lowest BCUT2D eigenvalue weighted by Gasteiger charge is -2.24. The fourth-order valence-electron chi connectivity index (χ4n) is 2.19. The van der Waals surface area contributed by atoms with Gasteiger partial charge in [0.25, 0.3) is 11.7 Å². The maximum atomic E-state index is 12.1. The van der Waals surface area contributed by atoms with Gasteiger partial charge in [-0.1, -0.05) is 12.1 Å². The van der Waals surface area contributed by atoms with Crippen LogP contribution in [0.25, 0.3) is 0 Å². The van der Waals surface area contributed by atoms with E-state index in [1.807, 2.05) is 0 Å². The molecule has 0 saturated carbocycles. The van der Waals surface area contributed by atoms with Gasteiger partial charge in [0.2, 0.25) is 0 Å². The number of nitrogens with zero attached hydrogens (tertiary/aromatic N) is 1. The second kappa shape index (κ2) is 5.97. The Kier molecular flexibility index (Phi) is 4.25. The molecule has 7 heteroatoms. The zero-order valence-electron chi connectivity index (χ0n) is 12.4. The molecule has 2 rings (SSSR count). The summed E-state index contributed by atoms with van der Waals surface area (Å²) < 4.78 is 9.42. The second-order valence-electron chi connectivity index (χ2n) is 4.80. The van der Waals surface area contributed by atoms with Crippen molar-refractivity contribution in [1.29, 1.82) is 0 Å². The van der Waals surface area contributed by atoms with Gasteiger partial charge in [0.15, 0.2) is 6.10 Å². The van der Waals surface area contributed by atoms with Crippen molar-refractivity contribution in [3.8, 4) is 0 Å². The Morgan fingerprint density at radius 1 is 1.09 bits per heavy atom. The number of hydrogen-bond donors (Lipinski definition) is 0. The zero-order valence-corrected chi connectivity index (χ0v) is 12.4. The fourth-order valence-corrected chi connectivity index (χ4v) is 2.19. The van der Waals surface area contributed by atoms with Gasteiger partial charge in [-0.3, -0.25) is 14.5 Å². The number of Topliss-reactive ketones (excluding diaryl/α,β-unsaturated/α-hetero) is 1. The van der Waals surface area contributed by atoms with E-state index in [1.54, 1.807) is 18.2 Å². The van der Waals surface area contributed by atoms with Crippen LogP contribution in [0.5, 0.6) is 0 Å². The Morgan fingerprint density at radius 3 is 2.36 bits per heavy atom. The van der Waals surface area contributed by atoms with Gasteiger partial charge in [0.05, 0.1) is 18.4 Å². The van der Waals surface area contributed by atoms with E-state index in [9.17, 15) is 19.2 Å². The summed E-state index contributed by atoms with van der Waals surface area (Å²) in [5.41, 5.74) is 0.598. The Labute approximate surface area is 126 Å². The number of amides is 1. The van der Waals surface area contributed by atoms with Crippen LogP contribution in [0, 0.1) is 0 Å². The third-order valence-corrected chi connectivity index (χ3v) is 3.38. The van der Waals surface area contributed by atoms with Gasteiger partial charge in [-0.25, -0.2) is 9.59 Å². The van der Waals surface area contributed by atoms with Crippen molar-refractivity contribution < 1.29 is 28.7 Å². The number of ether oxygens (including phenoxy) is 2. The highest BCUT2D eigenvalue weighted by Gasteiger charge is 2.41. The second-order valence-corrected chi connectivity index (χ2v) is 4.80. The van der Waals surface area contributed by atoms with Crippen LogP contribution in [0.4, 0.5) is 5.69 Å². The van der Waals surface area contributed by atoms with E-state index in [2.05, 4.69) is 4.74 Å². The average molecular weight is 305 g/mol. The topological polar surface area (TPSA) is 90.0 Å². The molecular weight excluding hydrogens is 290 g/mol. The SMILES string of the molecule is COC(=O)C(C)OC(=O)C(C)N1C(=O)C(=O)c2ccccc21. The van der Waals surface area contributed by atoms with Gasteiger partial charge in [-0.2, -0.15) is 0 Å². The van der Waals surface area contributed by atoms with Crippen molar-refractivity contribution in [2.45, 2.75) is 26.0 Å². The van der Waals surface area contributed by atoms with E-state index in [0.717, 1.165) is 4.90 Å². The van der Waals surface area contributed by atoms with Crippen molar-refractivity contribution in [2.75, 3.05) is 12.0 Å². The van der Waals surface area contributed by atoms with Crippen LogP contribution in [0.3, 0.4) is 0 Å². The van der Waals surface area contributed by atoms with Crippen molar-refractivity contribution in [3.63, 3.8) is 0 Å². The third kappa shape index (κ3) is 2.57. The minimum Gasteiger partial charge on any atom is -0.466 e. The molecular formula is C15H15NO6. The maximum Gasteiger partial charge on any atom is 0.346 e. The number of rotatable bonds is 4. The molecule has 0 bridgehead atoms. The van der Waals surface area contributed by atoms with Crippen LogP contribution in [-0.4, -0.2) is 42.9 Å². The summed E-state index contributed by atoms with van der Waals surface area (Å²) in [6.45, 7) is 2.79. The largest absolute Gasteiger partial charge is 0.466 e. The third-order valence-electron chi connectivity index (χ3n) is 3.38. The highest BCUT2D eigenvalue weighted by atomic mass is 16.6. The molecule has 1 amide bonds. The number of fused-ring (bicyclic) bond motifs is 1.